The number of hydrogen-bond donors (Lipinski definition) is 2. The molecule has 6 heteroatoms. The summed E-state index contributed by atoms with van der Waals surface area (Å²) < 4.78 is 8.12. The maximum atomic E-state index is 5.73. The van der Waals surface area contributed by atoms with Gasteiger partial charge >= 0.3 is 0 Å². The molecule has 0 radical (unpaired) electrons. The number of hydrazine groups is 1. The van der Waals surface area contributed by atoms with Gasteiger partial charge in [-0.25, -0.2) is 5.43 Å². The van der Waals surface area contributed by atoms with E-state index in [1.807, 2.05) is 20.0 Å². The summed E-state index contributed by atoms with van der Waals surface area (Å²) >= 11 is 3.51. The summed E-state index contributed by atoms with van der Waals surface area (Å²) in [4.78, 5) is 0. The highest BCUT2D eigenvalue weighted by atomic mass is 79.9. The van der Waals surface area contributed by atoms with Crippen LogP contribution in [0, 0.1) is 6.92 Å². The molecule has 0 amide bonds. The van der Waals surface area contributed by atoms with E-state index in [-0.39, 0.29) is 6.04 Å². The molecule has 1 unspecified atom stereocenters. The fourth-order valence-electron chi connectivity index (χ4n) is 2.18. The quantitative estimate of drug-likeness (QED) is 0.667. The third kappa shape index (κ3) is 2.80. The molecule has 2 rings (SSSR count). The Morgan fingerprint density at radius 1 is 1.42 bits per heavy atom. The fourth-order valence-corrected chi connectivity index (χ4v) is 2.80. The van der Waals surface area contributed by atoms with Crippen LogP contribution in [0.25, 0.3) is 0 Å². The average molecular weight is 325 g/mol. The van der Waals surface area contributed by atoms with Crippen molar-refractivity contribution >= 4 is 15.9 Å². The normalized spacial score (nSPS) is 12.5. The van der Waals surface area contributed by atoms with Gasteiger partial charge in [0, 0.05) is 11.5 Å². The van der Waals surface area contributed by atoms with E-state index in [0.29, 0.717) is 5.75 Å². The Morgan fingerprint density at radius 2 is 2.16 bits per heavy atom. The van der Waals surface area contributed by atoms with Gasteiger partial charge in [-0.1, -0.05) is 22.0 Å². The Kier molecular flexibility index (Phi) is 4.24. The van der Waals surface area contributed by atoms with Gasteiger partial charge in [-0.15, -0.1) is 0 Å². The minimum Gasteiger partial charge on any atom is -0.493 e. The standard InChI is InChI=1S/C13H17BrN4O/c1-8-4-9(6-10(14)5-8)12(17-15)13-11(19-3)7-16-18(13)2/h4-7,12,17H,15H2,1-3H3. The number of aryl methyl sites for hydroxylation is 2. The second-order valence-electron chi connectivity index (χ2n) is 4.38. The highest BCUT2D eigenvalue weighted by molar-refractivity contribution is 9.10. The van der Waals surface area contributed by atoms with Crippen LogP contribution in [0.4, 0.5) is 0 Å². The number of nitrogens with two attached hydrogens (primary N) is 1. The third-order valence-electron chi connectivity index (χ3n) is 3.01. The monoisotopic (exact) mass is 324 g/mol. The van der Waals surface area contributed by atoms with Crippen LogP contribution >= 0.6 is 15.9 Å². The highest BCUT2D eigenvalue weighted by Crippen LogP contribution is 2.30. The molecule has 1 aromatic carbocycles. The van der Waals surface area contributed by atoms with Crippen LogP contribution in [-0.4, -0.2) is 16.9 Å². The molecule has 2 aromatic rings. The van der Waals surface area contributed by atoms with Gasteiger partial charge in [0.05, 0.1) is 19.3 Å². The maximum Gasteiger partial charge on any atom is 0.161 e. The lowest BCUT2D eigenvalue weighted by Crippen LogP contribution is -2.30. The molecule has 1 aromatic heterocycles. The Morgan fingerprint density at radius 3 is 2.74 bits per heavy atom. The van der Waals surface area contributed by atoms with E-state index in [2.05, 4.69) is 38.6 Å². The maximum absolute atomic E-state index is 5.73. The zero-order valence-electron chi connectivity index (χ0n) is 11.1. The molecule has 0 fully saturated rings. The Labute approximate surface area is 120 Å². The van der Waals surface area contributed by atoms with Crippen LogP contribution in [0.2, 0.25) is 0 Å². The van der Waals surface area contributed by atoms with Gasteiger partial charge < -0.3 is 4.74 Å². The molecule has 102 valence electrons. The molecule has 0 aliphatic heterocycles. The number of methoxy groups -OCH3 is 1. The molecule has 3 N–H and O–H groups in total. The minimum atomic E-state index is -0.182. The van der Waals surface area contributed by atoms with Gasteiger partial charge in [-0.05, 0) is 30.2 Å². The summed E-state index contributed by atoms with van der Waals surface area (Å²) in [5, 5.41) is 4.21. The lowest BCUT2D eigenvalue weighted by atomic mass is 10.0. The number of halogens is 1. The molecular formula is C13H17BrN4O. The topological polar surface area (TPSA) is 65.1 Å². The largest absolute Gasteiger partial charge is 0.493 e. The Balaban J connectivity index is 2.52. The smallest absolute Gasteiger partial charge is 0.161 e. The van der Waals surface area contributed by atoms with Gasteiger partial charge in [0.25, 0.3) is 0 Å². The first-order valence-corrected chi connectivity index (χ1v) is 6.65. The molecule has 5 nitrogen and oxygen atoms in total. The Bertz CT molecular complexity index is 562. The van der Waals surface area contributed by atoms with Gasteiger partial charge in [-0.3, -0.25) is 10.5 Å². The van der Waals surface area contributed by atoms with Crippen molar-refractivity contribution in [2.24, 2.45) is 12.9 Å². The van der Waals surface area contributed by atoms with E-state index in [1.54, 1.807) is 18.0 Å². The summed E-state index contributed by atoms with van der Waals surface area (Å²) in [6.07, 6.45) is 1.69. The van der Waals surface area contributed by atoms with Crippen molar-refractivity contribution in [3.63, 3.8) is 0 Å². The lowest BCUT2D eigenvalue weighted by Gasteiger charge is -2.19. The van der Waals surface area contributed by atoms with Crippen LogP contribution in [0.5, 0.6) is 5.75 Å². The lowest BCUT2D eigenvalue weighted by molar-refractivity contribution is 0.401. The van der Waals surface area contributed by atoms with E-state index in [1.165, 1.54) is 0 Å². The third-order valence-corrected chi connectivity index (χ3v) is 3.46. The van der Waals surface area contributed by atoms with Gasteiger partial charge in [0.2, 0.25) is 0 Å². The van der Waals surface area contributed by atoms with E-state index >= 15 is 0 Å². The van der Waals surface area contributed by atoms with E-state index < -0.39 is 0 Å². The predicted molar refractivity (Wildman–Crippen MR) is 77.8 cm³/mol. The summed E-state index contributed by atoms with van der Waals surface area (Å²) in [7, 11) is 3.49. The molecule has 0 aliphatic carbocycles. The average Bonchev–Trinajstić information content (AvgIpc) is 2.71. The van der Waals surface area contributed by atoms with Crippen molar-refractivity contribution in [3.8, 4) is 5.75 Å². The first-order chi connectivity index (χ1) is 9.06. The molecule has 0 saturated carbocycles. The summed E-state index contributed by atoms with van der Waals surface area (Å²) in [6, 6.07) is 5.99. The molecule has 0 aliphatic rings. The second kappa shape index (κ2) is 5.73. The number of ether oxygens (including phenoxy) is 1. The second-order valence-corrected chi connectivity index (χ2v) is 5.30. The summed E-state index contributed by atoms with van der Waals surface area (Å²) in [5.41, 5.74) is 5.93. The Hall–Kier alpha value is -1.37. The number of rotatable bonds is 4. The highest BCUT2D eigenvalue weighted by Gasteiger charge is 2.21. The van der Waals surface area contributed by atoms with E-state index in [9.17, 15) is 0 Å². The SMILES string of the molecule is COc1cnn(C)c1C(NN)c1cc(C)cc(Br)c1. The van der Waals surface area contributed by atoms with Crippen molar-refractivity contribution in [2.75, 3.05) is 7.11 Å². The van der Waals surface area contributed by atoms with Crippen LogP contribution in [-0.2, 0) is 7.05 Å². The number of hydrogen-bond acceptors (Lipinski definition) is 4. The molecule has 1 heterocycles. The first kappa shape index (κ1) is 14.0. The van der Waals surface area contributed by atoms with E-state index in [4.69, 9.17) is 10.6 Å². The van der Waals surface area contributed by atoms with Crippen molar-refractivity contribution in [3.05, 3.63) is 45.7 Å². The molecule has 0 saturated heterocycles. The van der Waals surface area contributed by atoms with Crippen molar-refractivity contribution in [2.45, 2.75) is 13.0 Å². The van der Waals surface area contributed by atoms with Crippen molar-refractivity contribution in [1.29, 1.82) is 0 Å². The molecule has 0 spiro atoms. The van der Waals surface area contributed by atoms with Crippen LogP contribution in [0.15, 0.2) is 28.9 Å². The molecule has 1 atom stereocenters. The molecular weight excluding hydrogens is 308 g/mol. The van der Waals surface area contributed by atoms with E-state index in [0.717, 1.165) is 21.3 Å². The fraction of sp³-hybridized carbons (Fsp3) is 0.308. The van der Waals surface area contributed by atoms with Gasteiger partial charge in [0.15, 0.2) is 5.75 Å². The number of aromatic nitrogens is 2. The van der Waals surface area contributed by atoms with Gasteiger partial charge in [0.1, 0.15) is 5.69 Å². The number of nitrogens with one attached hydrogen (secondary N) is 1. The summed E-state index contributed by atoms with van der Waals surface area (Å²) in [5.74, 6) is 6.44. The van der Waals surface area contributed by atoms with Crippen molar-refractivity contribution < 1.29 is 4.74 Å². The first-order valence-electron chi connectivity index (χ1n) is 5.86. The number of benzene rings is 1. The van der Waals surface area contributed by atoms with Crippen LogP contribution in [0.3, 0.4) is 0 Å². The summed E-state index contributed by atoms with van der Waals surface area (Å²) in [6.45, 7) is 2.04. The number of nitrogens with zero attached hydrogens (tertiary/aromatic N) is 2. The van der Waals surface area contributed by atoms with Crippen LogP contribution in [0.1, 0.15) is 22.9 Å². The van der Waals surface area contributed by atoms with Crippen molar-refractivity contribution in [1.82, 2.24) is 15.2 Å². The zero-order valence-corrected chi connectivity index (χ0v) is 12.7. The predicted octanol–water partition coefficient (Wildman–Crippen LogP) is 2.05. The van der Waals surface area contributed by atoms with Crippen LogP contribution < -0.4 is 16.0 Å². The van der Waals surface area contributed by atoms with Gasteiger partial charge in [-0.2, -0.15) is 5.10 Å². The molecule has 0 bridgehead atoms. The molecule has 19 heavy (non-hydrogen) atoms. The minimum absolute atomic E-state index is 0.182. The zero-order chi connectivity index (χ0) is 14.0.